The van der Waals surface area contributed by atoms with E-state index in [0.29, 0.717) is 12.1 Å². The normalized spacial score (nSPS) is 17.9. The molecule has 4 N–H and O–H groups in total. The summed E-state index contributed by atoms with van der Waals surface area (Å²) in [7, 11) is -1.34. The zero-order valence-corrected chi connectivity index (χ0v) is 13.7. The van der Waals surface area contributed by atoms with E-state index in [0.717, 1.165) is 17.8 Å². The summed E-state index contributed by atoms with van der Waals surface area (Å²) in [6.07, 6.45) is 0.260. The quantitative estimate of drug-likeness (QED) is 0.579. The first-order valence-electron chi connectivity index (χ1n) is 8.23. The summed E-state index contributed by atoms with van der Waals surface area (Å²) < 4.78 is 5.38. The zero-order chi connectivity index (χ0) is 18.3. The number of nitrogens with zero attached hydrogens (tertiary/aromatic N) is 1. The number of hydrogen-bond donors (Lipinski definition) is 4. The zero-order valence-electron chi connectivity index (χ0n) is 13.7. The summed E-state index contributed by atoms with van der Waals surface area (Å²) in [5.41, 5.74) is 2.78. The molecule has 26 heavy (non-hydrogen) atoms. The largest absolute Gasteiger partial charge is 0.547 e. The lowest BCUT2D eigenvalue weighted by Crippen LogP contribution is -2.53. The van der Waals surface area contributed by atoms with Gasteiger partial charge in [-0.1, -0.05) is 18.2 Å². The number of para-hydroxylation sites is 1. The molecule has 132 valence electrons. The molecule has 4 rings (SSSR count). The van der Waals surface area contributed by atoms with Crippen molar-refractivity contribution in [2.75, 3.05) is 0 Å². The molecule has 8 nitrogen and oxygen atoms in total. The lowest BCUT2D eigenvalue weighted by molar-refractivity contribution is 0.0693. The highest BCUT2D eigenvalue weighted by Crippen LogP contribution is 2.30. The van der Waals surface area contributed by atoms with Gasteiger partial charge in [0, 0.05) is 13.1 Å². The van der Waals surface area contributed by atoms with Gasteiger partial charge in [0.15, 0.2) is 0 Å². The Morgan fingerprint density at radius 3 is 2.88 bits per heavy atom. The highest BCUT2D eigenvalue weighted by atomic mass is 16.5. The Labute approximate surface area is 149 Å². The molecule has 0 saturated heterocycles. The number of amides is 1. The molecule has 0 radical (unpaired) electrons. The van der Waals surface area contributed by atoms with Crippen molar-refractivity contribution in [1.82, 2.24) is 15.6 Å². The van der Waals surface area contributed by atoms with E-state index in [4.69, 9.17) is 4.65 Å². The minimum Gasteiger partial charge on any atom is -0.534 e. The fourth-order valence-electron chi connectivity index (χ4n) is 3.24. The Hall–Kier alpha value is -2.91. The molecule has 0 saturated carbocycles. The maximum atomic E-state index is 12.5. The molecule has 9 heteroatoms. The van der Waals surface area contributed by atoms with Crippen LogP contribution in [-0.4, -0.2) is 40.1 Å². The third kappa shape index (κ3) is 2.91. The molecule has 2 aromatic rings. The Balaban J connectivity index is 1.53. The molecule has 0 aliphatic carbocycles. The highest BCUT2D eigenvalue weighted by molar-refractivity contribution is 6.47. The minimum absolute atomic E-state index is 0.0147. The summed E-state index contributed by atoms with van der Waals surface area (Å²) in [6.45, 7) is 1.36. The number of aromatic carboxylic acids is 1. The van der Waals surface area contributed by atoms with Crippen LogP contribution in [0.5, 0.6) is 5.75 Å². The first-order valence-corrected chi connectivity index (χ1v) is 8.23. The van der Waals surface area contributed by atoms with E-state index < -0.39 is 24.9 Å². The van der Waals surface area contributed by atoms with Crippen molar-refractivity contribution in [3.8, 4) is 5.75 Å². The van der Waals surface area contributed by atoms with Crippen molar-refractivity contribution in [1.29, 1.82) is 0 Å². The number of carbonyl (C=O) groups excluding carboxylic acids is 1. The van der Waals surface area contributed by atoms with Crippen LogP contribution in [0.25, 0.3) is 0 Å². The van der Waals surface area contributed by atoms with Crippen LogP contribution in [0.4, 0.5) is 0 Å². The Morgan fingerprint density at radius 1 is 1.23 bits per heavy atom. The number of nitrogens with one attached hydrogen (secondary N) is 2. The minimum atomic E-state index is -1.34. The van der Waals surface area contributed by atoms with Crippen molar-refractivity contribution in [3.63, 3.8) is 0 Å². The second kappa shape index (κ2) is 6.43. The van der Waals surface area contributed by atoms with Crippen LogP contribution in [0.1, 0.15) is 37.7 Å². The first kappa shape index (κ1) is 16.6. The molecule has 1 aromatic carbocycles. The number of rotatable bonds is 3. The predicted molar refractivity (Wildman–Crippen MR) is 91.7 cm³/mol. The van der Waals surface area contributed by atoms with Crippen molar-refractivity contribution in [3.05, 3.63) is 58.4 Å². The van der Waals surface area contributed by atoms with Crippen LogP contribution in [-0.2, 0) is 19.5 Å². The van der Waals surface area contributed by atoms with Gasteiger partial charge in [-0.25, -0.2) is 9.78 Å². The summed E-state index contributed by atoms with van der Waals surface area (Å²) in [5.74, 6) is -2.11. The fourth-order valence-corrected chi connectivity index (χ4v) is 3.24. The number of carbonyl (C=O) groups is 2. The number of hydrogen-bond acceptors (Lipinski definition) is 6. The first-order chi connectivity index (χ1) is 12.5. The summed E-state index contributed by atoms with van der Waals surface area (Å²) in [6, 6.07) is 8.24. The molecule has 1 unspecified atom stereocenters. The van der Waals surface area contributed by atoms with E-state index in [1.54, 1.807) is 18.2 Å². The Morgan fingerprint density at radius 2 is 2.08 bits per heavy atom. The maximum Gasteiger partial charge on any atom is 0.547 e. The van der Waals surface area contributed by atoms with Gasteiger partial charge in [0.05, 0.1) is 17.2 Å². The average Bonchev–Trinajstić information content (AvgIpc) is 3.09. The molecule has 0 fully saturated rings. The fraction of sp³-hybridized carbons (Fsp3) is 0.235. The van der Waals surface area contributed by atoms with Gasteiger partial charge in [-0.15, -0.1) is 0 Å². The molecular formula is C17H16BN3O5. The molecule has 2 aliphatic heterocycles. The number of benzene rings is 1. The molecule has 1 atom stereocenters. The smallest absolute Gasteiger partial charge is 0.534 e. The number of fused-ring (bicyclic) bond motifs is 2. The Bertz CT molecular complexity index is 904. The van der Waals surface area contributed by atoms with Crippen LogP contribution >= 0.6 is 0 Å². The highest BCUT2D eigenvalue weighted by Gasteiger charge is 2.38. The molecule has 0 spiro atoms. The average molecular weight is 353 g/mol. The van der Waals surface area contributed by atoms with Crippen molar-refractivity contribution < 1.29 is 24.4 Å². The number of pyridine rings is 1. The van der Waals surface area contributed by atoms with Crippen LogP contribution < -0.4 is 15.3 Å². The molecule has 1 amide bonds. The van der Waals surface area contributed by atoms with E-state index in [9.17, 15) is 19.7 Å². The second-order valence-corrected chi connectivity index (χ2v) is 6.30. The lowest BCUT2D eigenvalue weighted by atomic mass is 9.72. The summed E-state index contributed by atoms with van der Waals surface area (Å²) in [5, 5.41) is 25.3. The van der Waals surface area contributed by atoms with Crippen molar-refractivity contribution >= 4 is 19.0 Å². The summed E-state index contributed by atoms with van der Waals surface area (Å²) in [4.78, 5) is 28.1. The van der Waals surface area contributed by atoms with Crippen LogP contribution in [0.3, 0.4) is 0 Å². The van der Waals surface area contributed by atoms with E-state index in [1.165, 1.54) is 6.07 Å². The van der Waals surface area contributed by atoms with Gasteiger partial charge >= 0.3 is 13.1 Å². The number of carboxylic acids is 1. The number of carboxylic acid groups (broad SMARTS) is 1. The van der Waals surface area contributed by atoms with Crippen LogP contribution in [0, 0.1) is 0 Å². The molecular weight excluding hydrogens is 337 g/mol. The molecule has 2 aliphatic rings. The molecule has 1 aromatic heterocycles. The van der Waals surface area contributed by atoms with Gasteiger partial charge in [-0.05, 0) is 29.7 Å². The molecule has 3 heterocycles. The summed E-state index contributed by atoms with van der Waals surface area (Å²) >= 11 is 0. The topological polar surface area (TPSA) is 121 Å². The lowest BCUT2D eigenvalue weighted by Gasteiger charge is -2.28. The second-order valence-electron chi connectivity index (χ2n) is 6.30. The van der Waals surface area contributed by atoms with Gasteiger partial charge < -0.3 is 25.4 Å². The van der Waals surface area contributed by atoms with Gasteiger partial charge in [0.1, 0.15) is 11.4 Å². The third-order valence-corrected chi connectivity index (χ3v) is 4.58. The number of aromatic nitrogens is 1. The van der Waals surface area contributed by atoms with Gasteiger partial charge in [-0.2, -0.15) is 0 Å². The van der Waals surface area contributed by atoms with E-state index in [2.05, 4.69) is 15.6 Å². The third-order valence-electron chi connectivity index (χ3n) is 4.58. The Kier molecular flexibility index (Phi) is 4.10. The molecule has 0 bridgehead atoms. The maximum absolute atomic E-state index is 12.5. The van der Waals surface area contributed by atoms with E-state index in [-0.39, 0.29) is 23.4 Å². The SMILES string of the molecule is O=C(NC1Cc2cccc(C(=O)O)c2OB1O)c1ccc2c(n1)CNC2. The predicted octanol–water partition coefficient (Wildman–Crippen LogP) is 0.136. The standard InChI is InChI=1S/C17H16BN3O5/c22-16(12-5-4-10-7-19-8-13(10)20-12)21-14-6-9-2-1-3-11(17(23)24)15(9)26-18(14)25/h1-5,14,19,25H,6-8H2,(H,21,22)(H,23,24). The van der Waals surface area contributed by atoms with Gasteiger partial charge in [0.25, 0.3) is 5.91 Å². The van der Waals surface area contributed by atoms with Gasteiger partial charge in [0.2, 0.25) is 0 Å². The van der Waals surface area contributed by atoms with Gasteiger partial charge in [-0.3, -0.25) is 4.79 Å². The van der Waals surface area contributed by atoms with Crippen LogP contribution in [0.2, 0.25) is 0 Å². The van der Waals surface area contributed by atoms with Crippen molar-refractivity contribution in [2.45, 2.75) is 25.5 Å². The van der Waals surface area contributed by atoms with E-state index >= 15 is 0 Å². The van der Waals surface area contributed by atoms with E-state index in [1.807, 2.05) is 6.07 Å². The monoisotopic (exact) mass is 353 g/mol. The van der Waals surface area contributed by atoms with Crippen molar-refractivity contribution in [2.24, 2.45) is 0 Å². The van der Waals surface area contributed by atoms with Crippen LogP contribution in [0.15, 0.2) is 30.3 Å².